The van der Waals surface area contributed by atoms with Gasteiger partial charge in [-0.2, -0.15) is 0 Å². The molecule has 3 amide bonds. The molecule has 1 aromatic rings. The molecular weight excluding hydrogens is 304 g/mol. The van der Waals surface area contributed by atoms with E-state index in [2.05, 4.69) is 17.2 Å². The average Bonchev–Trinajstić information content (AvgIpc) is 2.93. The number of rotatable bonds is 2. The third-order valence-electron chi connectivity index (χ3n) is 4.58. The van der Waals surface area contributed by atoms with E-state index >= 15 is 0 Å². The van der Waals surface area contributed by atoms with Crippen LogP contribution in [0.5, 0.6) is 0 Å². The summed E-state index contributed by atoms with van der Waals surface area (Å²) in [7, 11) is 0. The first-order chi connectivity index (χ1) is 11.6. The molecule has 24 heavy (non-hydrogen) atoms. The zero-order chi connectivity index (χ0) is 16.9. The number of benzene rings is 1. The van der Waals surface area contributed by atoms with Crippen LogP contribution in [0.4, 0.5) is 0 Å². The van der Waals surface area contributed by atoms with Crippen LogP contribution in [0, 0.1) is 11.8 Å². The lowest BCUT2D eigenvalue weighted by Gasteiger charge is -2.33. The molecule has 0 unspecified atom stereocenters. The van der Waals surface area contributed by atoms with Crippen LogP contribution in [0.3, 0.4) is 0 Å². The van der Waals surface area contributed by atoms with E-state index in [1.54, 1.807) is 0 Å². The third-order valence-corrected chi connectivity index (χ3v) is 4.58. The van der Waals surface area contributed by atoms with Crippen molar-refractivity contribution in [2.45, 2.75) is 50.6 Å². The van der Waals surface area contributed by atoms with Crippen molar-refractivity contribution in [1.29, 1.82) is 0 Å². The highest BCUT2D eigenvalue weighted by atomic mass is 16.2. The van der Waals surface area contributed by atoms with Crippen LogP contribution in [-0.4, -0.2) is 34.7 Å². The molecule has 5 nitrogen and oxygen atoms in total. The Bertz CT molecular complexity index is 678. The van der Waals surface area contributed by atoms with Crippen LogP contribution >= 0.6 is 0 Å². The summed E-state index contributed by atoms with van der Waals surface area (Å²) in [5, 5.41) is 2.92. The Balaban J connectivity index is 1.49. The van der Waals surface area contributed by atoms with E-state index in [9.17, 15) is 14.4 Å². The molecule has 1 N–H and O–H groups in total. The maximum atomic E-state index is 11.9. The van der Waals surface area contributed by atoms with Gasteiger partial charge in [-0.15, -0.1) is 0 Å². The maximum absolute atomic E-state index is 11.9. The number of nitrogens with zero attached hydrogens (tertiary/aromatic N) is 1. The van der Waals surface area contributed by atoms with Crippen molar-refractivity contribution >= 4 is 17.7 Å². The van der Waals surface area contributed by atoms with Crippen LogP contribution in [0.1, 0.15) is 44.1 Å². The van der Waals surface area contributed by atoms with Gasteiger partial charge in [0, 0.05) is 36.4 Å². The molecule has 2 fully saturated rings. The molecule has 124 valence electrons. The van der Waals surface area contributed by atoms with Crippen molar-refractivity contribution in [3.8, 4) is 11.8 Å². The van der Waals surface area contributed by atoms with Gasteiger partial charge in [0.2, 0.25) is 11.8 Å². The maximum Gasteiger partial charge on any atom is 0.296 e. The predicted molar refractivity (Wildman–Crippen MR) is 88.6 cm³/mol. The van der Waals surface area contributed by atoms with Gasteiger partial charge >= 0.3 is 0 Å². The first-order valence-electron chi connectivity index (χ1n) is 8.36. The molecule has 1 heterocycles. The second kappa shape index (κ2) is 7.31. The Kier molecular flexibility index (Phi) is 4.95. The van der Waals surface area contributed by atoms with Crippen LogP contribution in [0.2, 0.25) is 0 Å². The minimum atomic E-state index is -0.282. The SMILES string of the molecule is O=C(C#Cc1ccccc1)NC1CCC(N2C(=O)CCC2=O)CC1. The Morgan fingerprint density at radius 2 is 1.62 bits per heavy atom. The molecule has 1 aliphatic heterocycles. The lowest BCUT2D eigenvalue weighted by Crippen LogP contribution is -2.45. The molecule has 1 aromatic carbocycles. The van der Waals surface area contributed by atoms with Gasteiger partial charge in [-0.25, -0.2) is 0 Å². The summed E-state index contributed by atoms with van der Waals surface area (Å²) in [6.45, 7) is 0. The molecule has 0 atom stereocenters. The Labute approximate surface area is 141 Å². The molecule has 5 heteroatoms. The molecule has 3 rings (SSSR count). The molecule has 1 saturated carbocycles. The van der Waals surface area contributed by atoms with E-state index in [0.717, 1.165) is 31.2 Å². The number of imide groups is 1. The number of hydrogen-bond acceptors (Lipinski definition) is 3. The van der Waals surface area contributed by atoms with E-state index < -0.39 is 0 Å². The van der Waals surface area contributed by atoms with Crippen molar-refractivity contribution < 1.29 is 14.4 Å². The molecule has 1 saturated heterocycles. The summed E-state index contributed by atoms with van der Waals surface area (Å²) < 4.78 is 0. The first kappa shape index (κ1) is 16.3. The lowest BCUT2D eigenvalue weighted by molar-refractivity contribution is -0.142. The van der Waals surface area contributed by atoms with E-state index in [-0.39, 0.29) is 29.8 Å². The summed E-state index contributed by atoms with van der Waals surface area (Å²) in [5.41, 5.74) is 0.808. The summed E-state index contributed by atoms with van der Waals surface area (Å²) in [4.78, 5) is 36.9. The van der Waals surface area contributed by atoms with Gasteiger partial charge in [0.25, 0.3) is 5.91 Å². The molecule has 0 radical (unpaired) electrons. The molecule has 1 aliphatic carbocycles. The number of likely N-dealkylation sites (tertiary alicyclic amines) is 1. The first-order valence-corrected chi connectivity index (χ1v) is 8.36. The number of nitrogens with one attached hydrogen (secondary N) is 1. The van der Waals surface area contributed by atoms with E-state index in [1.165, 1.54) is 4.90 Å². The summed E-state index contributed by atoms with van der Waals surface area (Å²) in [6.07, 6.45) is 3.69. The quantitative estimate of drug-likeness (QED) is 0.664. The minimum Gasteiger partial charge on any atom is -0.343 e. The van der Waals surface area contributed by atoms with Gasteiger partial charge in [0.1, 0.15) is 0 Å². The predicted octanol–water partition coefficient (Wildman–Crippen LogP) is 1.61. The second-order valence-electron chi connectivity index (χ2n) is 6.25. The van der Waals surface area contributed by atoms with E-state index in [0.29, 0.717) is 12.8 Å². The van der Waals surface area contributed by atoms with Crippen molar-refractivity contribution in [3.63, 3.8) is 0 Å². The van der Waals surface area contributed by atoms with E-state index in [1.807, 2.05) is 30.3 Å². The van der Waals surface area contributed by atoms with Crippen molar-refractivity contribution in [1.82, 2.24) is 10.2 Å². The van der Waals surface area contributed by atoms with Gasteiger partial charge < -0.3 is 5.32 Å². The van der Waals surface area contributed by atoms with Gasteiger partial charge in [-0.3, -0.25) is 19.3 Å². The number of hydrogen-bond donors (Lipinski definition) is 1. The van der Waals surface area contributed by atoms with Crippen molar-refractivity contribution in [2.24, 2.45) is 0 Å². The van der Waals surface area contributed by atoms with E-state index in [4.69, 9.17) is 0 Å². The number of amides is 3. The zero-order valence-electron chi connectivity index (χ0n) is 13.5. The molecule has 2 aliphatic rings. The molecule has 0 aromatic heterocycles. The number of carbonyl (C=O) groups is 3. The zero-order valence-corrected chi connectivity index (χ0v) is 13.5. The van der Waals surface area contributed by atoms with Gasteiger partial charge in [0.15, 0.2) is 0 Å². The van der Waals surface area contributed by atoms with Crippen molar-refractivity contribution in [3.05, 3.63) is 35.9 Å². The number of carbonyl (C=O) groups excluding carboxylic acids is 3. The Hall–Kier alpha value is -2.61. The van der Waals surface area contributed by atoms with Crippen LogP contribution in [0.15, 0.2) is 30.3 Å². The highest BCUT2D eigenvalue weighted by Crippen LogP contribution is 2.27. The Morgan fingerprint density at radius 3 is 2.25 bits per heavy atom. The molecule has 0 spiro atoms. The third kappa shape index (κ3) is 3.83. The standard InChI is InChI=1S/C19H20N2O3/c22-17(11-6-14-4-2-1-3-5-14)20-15-7-9-16(10-8-15)21-18(23)12-13-19(21)24/h1-5,15-16H,7-10,12-13H2,(H,20,22). The van der Waals surface area contributed by atoms with Crippen LogP contribution < -0.4 is 5.32 Å². The lowest BCUT2D eigenvalue weighted by atomic mass is 9.90. The largest absolute Gasteiger partial charge is 0.343 e. The van der Waals surface area contributed by atoms with Crippen LogP contribution in [-0.2, 0) is 14.4 Å². The monoisotopic (exact) mass is 324 g/mol. The molecular formula is C19H20N2O3. The summed E-state index contributed by atoms with van der Waals surface area (Å²) >= 11 is 0. The smallest absolute Gasteiger partial charge is 0.296 e. The second-order valence-corrected chi connectivity index (χ2v) is 6.25. The normalized spacial score (nSPS) is 23.6. The van der Waals surface area contributed by atoms with Crippen molar-refractivity contribution in [2.75, 3.05) is 0 Å². The van der Waals surface area contributed by atoms with Crippen LogP contribution in [0.25, 0.3) is 0 Å². The highest BCUT2D eigenvalue weighted by Gasteiger charge is 2.36. The van der Waals surface area contributed by atoms with Gasteiger partial charge in [0.05, 0.1) is 0 Å². The minimum absolute atomic E-state index is 0.00365. The highest BCUT2D eigenvalue weighted by molar-refractivity contribution is 6.02. The summed E-state index contributed by atoms with van der Waals surface area (Å²) in [6, 6.07) is 9.43. The summed E-state index contributed by atoms with van der Waals surface area (Å²) in [5.74, 6) is 5.06. The topological polar surface area (TPSA) is 66.5 Å². The molecule has 0 bridgehead atoms. The Morgan fingerprint density at radius 1 is 1.00 bits per heavy atom. The average molecular weight is 324 g/mol. The van der Waals surface area contributed by atoms with Gasteiger partial charge in [-0.1, -0.05) is 24.1 Å². The fraction of sp³-hybridized carbons (Fsp3) is 0.421. The fourth-order valence-corrected chi connectivity index (χ4v) is 3.35. The van der Waals surface area contributed by atoms with Gasteiger partial charge in [-0.05, 0) is 37.8 Å². The fourth-order valence-electron chi connectivity index (χ4n) is 3.35.